The van der Waals surface area contributed by atoms with Crippen molar-refractivity contribution in [2.24, 2.45) is 0 Å². The molecule has 12 heavy (non-hydrogen) atoms. The monoisotopic (exact) mass is 186 g/mol. The summed E-state index contributed by atoms with van der Waals surface area (Å²) in [4.78, 5) is 0. The summed E-state index contributed by atoms with van der Waals surface area (Å²) in [6.07, 6.45) is 2.14. The topological polar surface area (TPSA) is 35.0 Å². The van der Waals surface area contributed by atoms with Crippen molar-refractivity contribution in [3.05, 3.63) is 17.3 Å². The predicted octanol–water partition coefficient (Wildman–Crippen LogP) is 2.31. The highest BCUT2D eigenvalue weighted by atomic mass is 35.5. The van der Waals surface area contributed by atoms with Crippen LogP contribution in [0.4, 0.5) is 0 Å². The lowest BCUT2D eigenvalue weighted by molar-refractivity contribution is 0.294. The van der Waals surface area contributed by atoms with Crippen LogP contribution in [-0.2, 0) is 0 Å². The number of unbranched alkanes of at least 4 members (excludes halogenated alkanes) is 1. The van der Waals surface area contributed by atoms with E-state index in [1.165, 1.54) is 0 Å². The molecule has 0 radical (unpaired) electrons. The van der Waals surface area contributed by atoms with Crippen LogP contribution in [0.5, 0.6) is 5.88 Å². The van der Waals surface area contributed by atoms with Gasteiger partial charge in [0, 0.05) is 6.07 Å². The quantitative estimate of drug-likeness (QED) is 0.677. The fraction of sp³-hybridized carbons (Fsp3) is 0.500. The first kappa shape index (κ1) is 9.26. The Labute approximate surface area is 76.7 Å². The number of halogens is 1. The molecule has 0 unspecified atom stereocenters. The minimum Gasteiger partial charge on any atom is -0.477 e. The van der Waals surface area contributed by atoms with Gasteiger partial charge in [0.25, 0.3) is 0 Å². The molecule has 4 heteroatoms. The summed E-state index contributed by atoms with van der Waals surface area (Å²) in [5.41, 5.74) is 0. The third-order valence-electron chi connectivity index (χ3n) is 1.36. The minimum atomic E-state index is 0.387. The molecule has 0 N–H and O–H groups in total. The molecule has 0 aliphatic rings. The molecule has 0 fully saturated rings. The van der Waals surface area contributed by atoms with Gasteiger partial charge in [-0.3, -0.25) is 0 Å². The van der Waals surface area contributed by atoms with Gasteiger partial charge in [0.05, 0.1) is 6.61 Å². The molecule has 1 heterocycles. The highest BCUT2D eigenvalue weighted by Gasteiger charge is 1.94. The third kappa shape index (κ3) is 3.05. The number of nitrogens with zero attached hydrogens (tertiary/aromatic N) is 2. The van der Waals surface area contributed by atoms with E-state index >= 15 is 0 Å². The Morgan fingerprint density at radius 3 is 2.83 bits per heavy atom. The molecule has 0 amide bonds. The van der Waals surface area contributed by atoms with Gasteiger partial charge in [0.2, 0.25) is 5.88 Å². The lowest BCUT2D eigenvalue weighted by atomic mass is 10.4. The Morgan fingerprint density at radius 1 is 1.42 bits per heavy atom. The lowest BCUT2D eigenvalue weighted by Crippen LogP contribution is -1.98. The Balaban J connectivity index is 2.37. The molecule has 0 bridgehead atoms. The predicted molar refractivity (Wildman–Crippen MR) is 47.4 cm³/mol. The zero-order valence-corrected chi connectivity index (χ0v) is 7.71. The second-order valence-electron chi connectivity index (χ2n) is 2.40. The maximum atomic E-state index is 5.54. The van der Waals surface area contributed by atoms with E-state index in [0.717, 1.165) is 12.8 Å². The number of aromatic nitrogens is 2. The molecule has 3 nitrogen and oxygen atoms in total. The molecule has 0 aliphatic carbocycles. The Hall–Kier alpha value is -0.830. The number of ether oxygens (including phenoxy) is 1. The molecule has 1 aromatic heterocycles. The third-order valence-corrected chi connectivity index (χ3v) is 1.56. The number of hydrogen-bond donors (Lipinski definition) is 0. The lowest BCUT2D eigenvalue weighted by Gasteiger charge is -2.01. The maximum Gasteiger partial charge on any atom is 0.233 e. The second kappa shape index (κ2) is 4.93. The second-order valence-corrected chi connectivity index (χ2v) is 2.78. The van der Waals surface area contributed by atoms with E-state index in [0.29, 0.717) is 17.6 Å². The number of rotatable bonds is 4. The van der Waals surface area contributed by atoms with Gasteiger partial charge in [-0.25, -0.2) is 0 Å². The van der Waals surface area contributed by atoms with Crippen molar-refractivity contribution < 1.29 is 4.74 Å². The fourth-order valence-electron chi connectivity index (χ4n) is 0.702. The van der Waals surface area contributed by atoms with Crippen LogP contribution in [0.1, 0.15) is 19.8 Å². The highest BCUT2D eigenvalue weighted by Crippen LogP contribution is 2.08. The molecule has 66 valence electrons. The Bertz CT molecular complexity index is 225. The average molecular weight is 187 g/mol. The van der Waals surface area contributed by atoms with Gasteiger partial charge in [-0.1, -0.05) is 24.9 Å². The smallest absolute Gasteiger partial charge is 0.233 e. The van der Waals surface area contributed by atoms with Crippen LogP contribution < -0.4 is 4.74 Å². The summed E-state index contributed by atoms with van der Waals surface area (Å²) in [6.45, 7) is 2.80. The standard InChI is InChI=1S/C8H11ClN2O/c1-2-3-6-12-8-5-4-7(9)10-11-8/h4-5H,2-3,6H2,1H3. The molecule has 0 saturated carbocycles. The number of hydrogen-bond acceptors (Lipinski definition) is 3. The molecule has 0 saturated heterocycles. The molecule has 1 aromatic rings. The van der Waals surface area contributed by atoms with Gasteiger partial charge in [-0.15, -0.1) is 10.2 Å². The van der Waals surface area contributed by atoms with Crippen molar-refractivity contribution in [1.29, 1.82) is 0 Å². The van der Waals surface area contributed by atoms with E-state index in [1.54, 1.807) is 12.1 Å². The average Bonchev–Trinajstić information content (AvgIpc) is 2.09. The normalized spacial score (nSPS) is 9.83. The molecule has 0 aliphatic heterocycles. The zero-order valence-electron chi connectivity index (χ0n) is 6.96. The van der Waals surface area contributed by atoms with Gasteiger partial charge in [-0.2, -0.15) is 0 Å². The fourth-order valence-corrected chi connectivity index (χ4v) is 0.803. The van der Waals surface area contributed by atoms with Crippen LogP contribution in [0, 0.1) is 0 Å². The van der Waals surface area contributed by atoms with Gasteiger partial charge < -0.3 is 4.74 Å². The maximum absolute atomic E-state index is 5.54. The van der Waals surface area contributed by atoms with Crippen molar-refractivity contribution >= 4 is 11.6 Å². The summed E-state index contributed by atoms with van der Waals surface area (Å²) in [5, 5.41) is 7.78. The summed E-state index contributed by atoms with van der Waals surface area (Å²) >= 11 is 5.54. The van der Waals surface area contributed by atoms with E-state index in [9.17, 15) is 0 Å². The highest BCUT2D eigenvalue weighted by molar-refractivity contribution is 6.29. The molecule has 0 aromatic carbocycles. The first-order chi connectivity index (χ1) is 5.83. The van der Waals surface area contributed by atoms with Crippen molar-refractivity contribution in [2.45, 2.75) is 19.8 Å². The largest absolute Gasteiger partial charge is 0.477 e. The molecular weight excluding hydrogens is 176 g/mol. The van der Waals surface area contributed by atoms with Crippen molar-refractivity contribution in [3.8, 4) is 5.88 Å². The van der Waals surface area contributed by atoms with E-state index in [1.807, 2.05) is 0 Å². The zero-order chi connectivity index (χ0) is 8.81. The molecule has 0 spiro atoms. The van der Waals surface area contributed by atoms with Gasteiger partial charge >= 0.3 is 0 Å². The first-order valence-electron chi connectivity index (χ1n) is 3.95. The summed E-state index contributed by atoms with van der Waals surface area (Å²) in [6, 6.07) is 3.38. The van der Waals surface area contributed by atoms with Gasteiger partial charge in [0.1, 0.15) is 0 Å². The van der Waals surface area contributed by atoms with Crippen LogP contribution in [0.15, 0.2) is 12.1 Å². The van der Waals surface area contributed by atoms with E-state index in [2.05, 4.69) is 17.1 Å². The molecular formula is C8H11ClN2O. The van der Waals surface area contributed by atoms with Crippen LogP contribution in [0.3, 0.4) is 0 Å². The van der Waals surface area contributed by atoms with Crippen molar-refractivity contribution in [3.63, 3.8) is 0 Å². The Morgan fingerprint density at radius 2 is 2.25 bits per heavy atom. The van der Waals surface area contributed by atoms with Crippen molar-refractivity contribution in [2.75, 3.05) is 6.61 Å². The van der Waals surface area contributed by atoms with Gasteiger partial charge in [-0.05, 0) is 12.5 Å². The van der Waals surface area contributed by atoms with Crippen molar-refractivity contribution in [1.82, 2.24) is 10.2 Å². The van der Waals surface area contributed by atoms with E-state index < -0.39 is 0 Å². The molecule has 1 rings (SSSR count). The van der Waals surface area contributed by atoms with Crippen LogP contribution in [0.2, 0.25) is 5.15 Å². The summed E-state index contributed by atoms with van der Waals surface area (Å²) < 4.78 is 5.27. The SMILES string of the molecule is CCCCOc1ccc(Cl)nn1. The molecule has 0 atom stereocenters. The van der Waals surface area contributed by atoms with Crippen LogP contribution in [-0.4, -0.2) is 16.8 Å². The summed E-state index contributed by atoms with van der Waals surface area (Å²) in [5.74, 6) is 0.535. The van der Waals surface area contributed by atoms with Crippen LogP contribution >= 0.6 is 11.6 Å². The minimum absolute atomic E-state index is 0.387. The first-order valence-corrected chi connectivity index (χ1v) is 4.32. The summed E-state index contributed by atoms with van der Waals surface area (Å²) in [7, 11) is 0. The van der Waals surface area contributed by atoms with Gasteiger partial charge in [0.15, 0.2) is 5.15 Å². The van der Waals surface area contributed by atoms with E-state index in [-0.39, 0.29) is 0 Å². The van der Waals surface area contributed by atoms with Crippen LogP contribution in [0.25, 0.3) is 0 Å². The van der Waals surface area contributed by atoms with E-state index in [4.69, 9.17) is 16.3 Å². The Kier molecular flexibility index (Phi) is 3.80.